The van der Waals surface area contributed by atoms with Crippen molar-refractivity contribution in [3.05, 3.63) is 64.2 Å². The Bertz CT molecular complexity index is 953. The first-order chi connectivity index (χ1) is 13.2. The Morgan fingerprint density at radius 1 is 1.07 bits per heavy atom. The third-order valence-electron chi connectivity index (χ3n) is 4.86. The molecule has 1 saturated heterocycles. The number of piperazine rings is 1. The topological polar surface area (TPSA) is 69.7 Å². The molecule has 1 amide bonds. The van der Waals surface area contributed by atoms with Crippen molar-refractivity contribution in [3.8, 4) is 0 Å². The number of likely N-dealkylation sites (N-methyl/N-ethyl adjacent to an activating group) is 1. The van der Waals surface area contributed by atoms with Gasteiger partial charge in [0.05, 0.1) is 5.75 Å². The maximum Gasteiger partial charge on any atom is 0.255 e. The summed E-state index contributed by atoms with van der Waals surface area (Å²) < 4.78 is 26.7. The molecule has 6 nitrogen and oxygen atoms in total. The summed E-state index contributed by atoms with van der Waals surface area (Å²) in [4.78, 5) is 14.6. The van der Waals surface area contributed by atoms with Crippen molar-refractivity contribution in [1.82, 2.24) is 9.21 Å². The van der Waals surface area contributed by atoms with Crippen molar-refractivity contribution >= 4 is 33.2 Å². The summed E-state index contributed by atoms with van der Waals surface area (Å²) >= 11 is 5.94. The smallest absolute Gasteiger partial charge is 0.255 e. The fourth-order valence-electron chi connectivity index (χ4n) is 3.08. The Balaban J connectivity index is 1.65. The van der Waals surface area contributed by atoms with Gasteiger partial charge in [0.2, 0.25) is 10.0 Å². The number of halogens is 1. The third kappa shape index (κ3) is 5.11. The van der Waals surface area contributed by atoms with E-state index in [0.29, 0.717) is 34.9 Å². The normalized spacial score (nSPS) is 16.1. The van der Waals surface area contributed by atoms with Crippen LogP contribution in [0.25, 0.3) is 0 Å². The maximum atomic E-state index is 12.6. The van der Waals surface area contributed by atoms with Crippen molar-refractivity contribution in [1.29, 1.82) is 0 Å². The van der Waals surface area contributed by atoms with Crippen LogP contribution in [0.1, 0.15) is 21.5 Å². The molecule has 28 heavy (non-hydrogen) atoms. The van der Waals surface area contributed by atoms with E-state index in [1.165, 1.54) is 4.31 Å². The zero-order valence-electron chi connectivity index (χ0n) is 16.0. The molecule has 150 valence electrons. The van der Waals surface area contributed by atoms with Crippen molar-refractivity contribution < 1.29 is 13.2 Å². The van der Waals surface area contributed by atoms with Gasteiger partial charge in [-0.15, -0.1) is 0 Å². The Labute approximate surface area is 171 Å². The summed E-state index contributed by atoms with van der Waals surface area (Å²) in [6.45, 7) is 4.37. The van der Waals surface area contributed by atoms with Gasteiger partial charge in [-0.3, -0.25) is 4.79 Å². The van der Waals surface area contributed by atoms with Gasteiger partial charge in [0, 0.05) is 42.5 Å². The van der Waals surface area contributed by atoms with Gasteiger partial charge in [0.15, 0.2) is 0 Å². The van der Waals surface area contributed by atoms with Crippen molar-refractivity contribution in [2.24, 2.45) is 0 Å². The van der Waals surface area contributed by atoms with E-state index in [1.807, 2.05) is 14.0 Å². The number of hydrogen-bond donors (Lipinski definition) is 1. The van der Waals surface area contributed by atoms with Gasteiger partial charge in [-0.05, 0) is 55.4 Å². The van der Waals surface area contributed by atoms with E-state index in [9.17, 15) is 13.2 Å². The Morgan fingerprint density at radius 3 is 2.32 bits per heavy atom. The second-order valence-electron chi connectivity index (χ2n) is 7.07. The highest BCUT2D eigenvalue weighted by molar-refractivity contribution is 7.88. The molecule has 8 heteroatoms. The summed E-state index contributed by atoms with van der Waals surface area (Å²) in [5, 5.41) is 3.46. The highest BCUT2D eigenvalue weighted by Gasteiger charge is 2.25. The number of carbonyl (C=O) groups is 1. The number of amides is 1. The lowest BCUT2D eigenvalue weighted by Gasteiger charge is -2.31. The fourth-order valence-corrected chi connectivity index (χ4v) is 4.82. The Kier molecular flexibility index (Phi) is 6.40. The highest BCUT2D eigenvalue weighted by atomic mass is 35.5. The van der Waals surface area contributed by atoms with E-state index >= 15 is 0 Å². The summed E-state index contributed by atoms with van der Waals surface area (Å²) in [5.41, 5.74) is 2.69. The molecular formula is C20H24ClN3O3S. The highest BCUT2D eigenvalue weighted by Crippen LogP contribution is 2.21. The van der Waals surface area contributed by atoms with Gasteiger partial charge in [0.25, 0.3) is 5.91 Å². The molecule has 1 fully saturated rings. The molecule has 0 radical (unpaired) electrons. The summed E-state index contributed by atoms with van der Waals surface area (Å²) in [7, 11) is -1.37. The zero-order chi connectivity index (χ0) is 20.3. The Morgan fingerprint density at radius 2 is 1.71 bits per heavy atom. The quantitative estimate of drug-likeness (QED) is 0.805. The minimum absolute atomic E-state index is 0.0606. The predicted molar refractivity (Wildman–Crippen MR) is 112 cm³/mol. The van der Waals surface area contributed by atoms with Gasteiger partial charge in [-0.25, -0.2) is 8.42 Å². The molecule has 0 unspecified atom stereocenters. The van der Waals surface area contributed by atoms with Crippen LogP contribution >= 0.6 is 11.6 Å². The Hall–Kier alpha value is -1.93. The molecule has 0 atom stereocenters. The lowest BCUT2D eigenvalue weighted by Crippen LogP contribution is -2.47. The van der Waals surface area contributed by atoms with Crippen LogP contribution in [0.5, 0.6) is 0 Å². The van der Waals surface area contributed by atoms with Crippen LogP contribution in [0.15, 0.2) is 42.5 Å². The fraction of sp³-hybridized carbons (Fsp3) is 0.350. The molecule has 0 saturated carbocycles. The lowest BCUT2D eigenvalue weighted by atomic mass is 10.1. The average Bonchev–Trinajstić information content (AvgIpc) is 2.64. The van der Waals surface area contributed by atoms with E-state index in [-0.39, 0.29) is 11.7 Å². The molecule has 2 aromatic rings. The second-order valence-corrected chi connectivity index (χ2v) is 9.47. The number of hydrogen-bond acceptors (Lipinski definition) is 4. The largest absolute Gasteiger partial charge is 0.322 e. The predicted octanol–water partition coefficient (Wildman–Crippen LogP) is 2.98. The lowest BCUT2D eigenvalue weighted by molar-refractivity contribution is 0.102. The third-order valence-corrected chi connectivity index (χ3v) is 6.94. The first kappa shape index (κ1) is 20.8. The number of nitrogens with one attached hydrogen (secondary N) is 1. The number of benzene rings is 2. The SMILES string of the molecule is Cc1cc(Cl)ccc1NC(=O)c1ccc(CS(=O)(=O)N2CCN(C)CC2)cc1. The maximum absolute atomic E-state index is 12.6. The van der Waals surface area contributed by atoms with Gasteiger partial charge in [0.1, 0.15) is 0 Å². The summed E-state index contributed by atoms with van der Waals surface area (Å²) in [6.07, 6.45) is 0. The van der Waals surface area contributed by atoms with Crippen molar-refractivity contribution in [2.75, 3.05) is 38.5 Å². The molecule has 2 aromatic carbocycles. The van der Waals surface area contributed by atoms with Crippen molar-refractivity contribution in [2.45, 2.75) is 12.7 Å². The molecule has 0 aromatic heterocycles. The number of anilines is 1. The molecular weight excluding hydrogens is 398 g/mol. The van der Waals surface area contributed by atoms with Gasteiger partial charge in [-0.1, -0.05) is 23.7 Å². The van der Waals surface area contributed by atoms with Crippen LogP contribution < -0.4 is 5.32 Å². The van der Waals surface area contributed by atoms with Crippen LogP contribution in [-0.4, -0.2) is 56.8 Å². The van der Waals surface area contributed by atoms with E-state index in [1.54, 1.807) is 42.5 Å². The van der Waals surface area contributed by atoms with Crippen LogP contribution in [0.2, 0.25) is 5.02 Å². The van der Waals surface area contributed by atoms with E-state index < -0.39 is 10.0 Å². The average molecular weight is 422 g/mol. The zero-order valence-corrected chi connectivity index (χ0v) is 17.6. The number of carbonyl (C=O) groups excluding carboxylic acids is 1. The monoisotopic (exact) mass is 421 g/mol. The van der Waals surface area contributed by atoms with E-state index in [4.69, 9.17) is 11.6 Å². The molecule has 0 spiro atoms. The van der Waals surface area contributed by atoms with Crippen LogP contribution in [0.3, 0.4) is 0 Å². The van der Waals surface area contributed by atoms with Crippen molar-refractivity contribution in [3.63, 3.8) is 0 Å². The molecule has 1 aliphatic heterocycles. The van der Waals surface area contributed by atoms with Gasteiger partial charge in [-0.2, -0.15) is 4.31 Å². The molecule has 1 heterocycles. The van der Waals surface area contributed by atoms with E-state index in [2.05, 4.69) is 10.2 Å². The molecule has 1 N–H and O–H groups in total. The van der Waals surface area contributed by atoms with Gasteiger partial charge >= 0.3 is 0 Å². The van der Waals surface area contributed by atoms with Crippen LogP contribution in [0, 0.1) is 6.92 Å². The molecule has 0 bridgehead atoms. The number of aryl methyl sites for hydroxylation is 1. The van der Waals surface area contributed by atoms with E-state index in [0.717, 1.165) is 18.7 Å². The summed E-state index contributed by atoms with van der Waals surface area (Å²) in [6, 6.07) is 11.9. The minimum Gasteiger partial charge on any atom is -0.322 e. The molecule has 0 aliphatic carbocycles. The van der Waals surface area contributed by atoms with Crippen LogP contribution in [-0.2, 0) is 15.8 Å². The second kappa shape index (κ2) is 8.61. The number of rotatable bonds is 5. The number of sulfonamides is 1. The first-order valence-corrected chi connectivity index (χ1v) is 11.1. The number of nitrogens with zero attached hydrogens (tertiary/aromatic N) is 2. The molecule has 3 rings (SSSR count). The van der Waals surface area contributed by atoms with Crippen LogP contribution in [0.4, 0.5) is 5.69 Å². The standard InChI is InChI=1S/C20H24ClN3O3S/c1-15-13-18(21)7-8-19(15)22-20(25)17-5-3-16(4-6-17)14-28(26,27)24-11-9-23(2)10-12-24/h3-8,13H,9-12,14H2,1-2H3,(H,22,25). The first-order valence-electron chi connectivity index (χ1n) is 9.07. The van der Waals surface area contributed by atoms with Gasteiger partial charge < -0.3 is 10.2 Å². The minimum atomic E-state index is -3.36. The molecule has 1 aliphatic rings. The summed E-state index contributed by atoms with van der Waals surface area (Å²) in [5.74, 6) is -0.312.